The van der Waals surface area contributed by atoms with Crippen molar-refractivity contribution in [2.45, 2.75) is 69.1 Å². The molecule has 2 aliphatic rings. The van der Waals surface area contributed by atoms with Crippen LogP contribution in [-0.2, 0) is 28.5 Å². The third-order valence-electron chi connectivity index (χ3n) is 8.48. The summed E-state index contributed by atoms with van der Waals surface area (Å²) >= 11 is 0. The van der Waals surface area contributed by atoms with E-state index >= 15 is 0 Å². The van der Waals surface area contributed by atoms with E-state index in [9.17, 15) is 27.3 Å². The molecular formula is C30H31F3N6O3S. The van der Waals surface area contributed by atoms with Crippen molar-refractivity contribution < 1.29 is 27.3 Å². The van der Waals surface area contributed by atoms with Gasteiger partial charge < -0.3 is 10.0 Å². The summed E-state index contributed by atoms with van der Waals surface area (Å²) in [6.07, 6.45) is 1.15. The number of anilines is 1. The van der Waals surface area contributed by atoms with Crippen LogP contribution in [0.3, 0.4) is 0 Å². The molecule has 1 saturated heterocycles. The number of fused-ring (bicyclic) bond motifs is 4. The molecule has 0 saturated carbocycles. The van der Waals surface area contributed by atoms with Gasteiger partial charge in [0.25, 0.3) is 0 Å². The average Bonchev–Trinajstić information content (AvgIpc) is 3.39. The number of carboxylic acids is 1. The third kappa shape index (κ3) is 5.51. The molecule has 0 radical (unpaired) electrons. The largest absolute Gasteiger partial charge is 0.481 e. The van der Waals surface area contributed by atoms with Crippen LogP contribution in [0.2, 0.25) is 0 Å². The lowest BCUT2D eigenvalue weighted by molar-refractivity contribution is -0.145. The molecule has 0 bridgehead atoms. The first kappa shape index (κ1) is 29.2. The minimum Gasteiger partial charge on any atom is -0.481 e. The van der Waals surface area contributed by atoms with Gasteiger partial charge in [0.05, 0.1) is 11.3 Å². The Morgan fingerprint density at radius 3 is 2.74 bits per heavy atom. The van der Waals surface area contributed by atoms with Crippen LogP contribution in [0.4, 0.5) is 19.0 Å². The fourth-order valence-electron chi connectivity index (χ4n) is 6.29. The van der Waals surface area contributed by atoms with Gasteiger partial charge in [-0.05, 0) is 79.1 Å². The zero-order valence-corrected chi connectivity index (χ0v) is 24.5. The number of halogens is 3. The normalized spacial score (nSPS) is 20.0. The van der Waals surface area contributed by atoms with E-state index in [0.717, 1.165) is 47.2 Å². The third-order valence-corrected chi connectivity index (χ3v) is 9.93. The van der Waals surface area contributed by atoms with Gasteiger partial charge in [0.2, 0.25) is 5.82 Å². The molecular weight excluding hydrogens is 581 g/mol. The molecule has 0 amide bonds. The van der Waals surface area contributed by atoms with Crippen LogP contribution < -0.4 is 4.90 Å². The lowest BCUT2D eigenvalue weighted by Gasteiger charge is -2.36. The molecule has 0 spiro atoms. The molecule has 43 heavy (non-hydrogen) atoms. The standard InChI is InChI=1S/C30H31F3N6O3S/c1-18-8-9-20(24(15-26(40)41)23-10-13-39-27(19(23)2)35-36-29(39)30(31,32)33)14-21(18)16-37-17-22-6-3-4-12-38(22)28-25(43(37)42)7-5-11-34-28/h5,7-11,13-14,22,24H,3-4,6,12,15-17H2,1-2H3,(H,40,41)/t22?,24-,43?/m0/s1. The van der Waals surface area contributed by atoms with Crippen LogP contribution in [0, 0.1) is 13.8 Å². The Kier molecular flexibility index (Phi) is 7.71. The number of aliphatic carboxylic acids is 1. The SMILES string of the molecule is Cc1ccc([C@H](CC(=O)O)c2ccn3c(C(F)(F)F)nnc3c2C)cc1CN1CC2CCCCN2c2ncccc2S1=O. The van der Waals surface area contributed by atoms with Gasteiger partial charge in [0.1, 0.15) is 16.8 Å². The number of carboxylic acid groups (broad SMARTS) is 1. The summed E-state index contributed by atoms with van der Waals surface area (Å²) < 4.78 is 57.1. The molecule has 226 valence electrons. The first-order chi connectivity index (χ1) is 20.5. The van der Waals surface area contributed by atoms with E-state index in [1.165, 1.54) is 12.3 Å². The van der Waals surface area contributed by atoms with Gasteiger partial charge >= 0.3 is 12.1 Å². The van der Waals surface area contributed by atoms with Gasteiger partial charge in [0, 0.05) is 44.0 Å². The summed E-state index contributed by atoms with van der Waals surface area (Å²) in [4.78, 5) is 19.6. The Bertz CT molecular complexity index is 1730. The fraction of sp³-hybridized carbons (Fsp3) is 0.400. The number of rotatable bonds is 6. The number of benzene rings is 1. The quantitative estimate of drug-likeness (QED) is 0.317. The molecule has 2 aliphatic heterocycles. The minimum absolute atomic E-state index is 0.0248. The van der Waals surface area contributed by atoms with E-state index < -0.39 is 34.9 Å². The molecule has 1 aromatic carbocycles. The second-order valence-electron chi connectivity index (χ2n) is 11.2. The molecule has 4 aromatic rings. The molecule has 0 aliphatic carbocycles. The average molecular weight is 613 g/mol. The number of nitrogens with zero attached hydrogens (tertiary/aromatic N) is 6. The maximum Gasteiger partial charge on any atom is 0.452 e. The smallest absolute Gasteiger partial charge is 0.452 e. The number of hydrogen-bond acceptors (Lipinski definition) is 6. The second kappa shape index (κ2) is 11.3. The number of aromatic nitrogens is 4. The van der Waals surface area contributed by atoms with Crippen molar-refractivity contribution in [1.29, 1.82) is 0 Å². The topological polar surface area (TPSA) is 104 Å². The van der Waals surface area contributed by atoms with Crippen molar-refractivity contribution in [3.8, 4) is 0 Å². The monoisotopic (exact) mass is 612 g/mol. The second-order valence-corrected chi connectivity index (χ2v) is 12.6. The lowest BCUT2D eigenvalue weighted by Crippen LogP contribution is -2.45. The van der Waals surface area contributed by atoms with Crippen LogP contribution >= 0.6 is 0 Å². The van der Waals surface area contributed by atoms with Crippen molar-refractivity contribution in [2.24, 2.45) is 0 Å². The summed E-state index contributed by atoms with van der Waals surface area (Å²) in [5.41, 5.74) is 3.57. The number of alkyl halides is 3. The zero-order valence-electron chi connectivity index (χ0n) is 23.7. The highest BCUT2D eigenvalue weighted by Crippen LogP contribution is 2.37. The van der Waals surface area contributed by atoms with Gasteiger partial charge in [-0.1, -0.05) is 18.2 Å². The highest BCUT2D eigenvalue weighted by Gasteiger charge is 2.38. The van der Waals surface area contributed by atoms with Gasteiger partial charge in [0.15, 0.2) is 5.65 Å². The number of aryl methyl sites for hydroxylation is 2. The molecule has 3 aromatic heterocycles. The molecule has 5 heterocycles. The number of hydrogen-bond donors (Lipinski definition) is 1. The zero-order chi connectivity index (χ0) is 30.5. The Labute approximate surface area is 249 Å². The Balaban J connectivity index is 1.37. The van der Waals surface area contributed by atoms with Crippen LogP contribution in [0.15, 0.2) is 53.7 Å². The van der Waals surface area contributed by atoms with Crippen LogP contribution in [-0.4, -0.2) is 58.3 Å². The minimum atomic E-state index is -4.68. The van der Waals surface area contributed by atoms with Crippen molar-refractivity contribution in [3.05, 3.63) is 82.4 Å². The van der Waals surface area contributed by atoms with Crippen molar-refractivity contribution in [3.63, 3.8) is 0 Å². The Hall–Kier alpha value is -3.84. The number of carbonyl (C=O) groups is 1. The molecule has 2 unspecified atom stereocenters. The first-order valence-electron chi connectivity index (χ1n) is 14.1. The Morgan fingerprint density at radius 1 is 1.16 bits per heavy atom. The highest BCUT2D eigenvalue weighted by atomic mass is 32.2. The number of piperidine rings is 1. The van der Waals surface area contributed by atoms with E-state index in [2.05, 4.69) is 20.1 Å². The van der Waals surface area contributed by atoms with Crippen LogP contribution in [0.25, 0.3) is 5.65 Å². The van der Waals surface area contributed by atoms with Crippen molar-refractivity contribution in [1.82, 2.24) is 23.9 Å². The molecule has 9 nitrogen and oxygen atoms in total. The van der Waals surface area contributed by atoms with Gasteiger partial charge in [-0.15, -0.1) is 10.2 Å². The summed E-state index contributed by atoms with van der Waals surface area (Å²) in [7, 11) is -1.46. The van der Waals surface area contributed by atoms with Crippen molar-refractivity contribution >= 4 is 28.4 Å². The molecule has 3 atom stereocenters. The lowest BCUT2D eigenvalue weighted by atomic mass is 9.85. The van der Waals surface area contributed by atoms with E-state index in [4.69, 9.17) is 0 Å². The molecule has 1 fully saturated rings. The highest BCUT2D eigenvalue weighted by molar-refractivity contribution is 7.82. The predicted molar refractivity (Wildman–Crippen MR) is 154 cm³/mol. The van der Waals surface area contributed by atoms with Gasteiger partial charge in [-0.3, -0.25) is 9.20 Å². The molecule has 13 heteroatoms. The number of pyridine rings is 2. The van der Waals surface area contributed by atoms with E-state index in [1.807, 2.05) is 35.5 Å². The van der Waals surface area contributed by atoms with Gasteiger partial charge in [-0.25, -0.2) is 13.5 Å². The maximum atomic E-state index is 13.9. The molecule has 1 N–H and O–H groups in total. The van der Waals surface area contributed by atoms with Crippen LogP contribution in [0.5, 0.6) is 0 Å². The van der Waals surface area contributed by atoms with E-state index in [1.54, 1.807) is 19.2 Å². The van der Waals surface area contributed by atoms with Gasteiger partial charge in [-0.2, -0.15) is 13.2 Å². The van der Waals surface area contributed by atoms with Crippen molar-refractivity contribution in [2.75, 3.05) is 18.0 Å². The van der Waals surface area contributed by atoms with E-state index in [0.29, 0.717) is 34.7 Å². The summed E-state index contributed by atoms with van der Waals surface area (Å²) in [5, 5.41) is 16.9. The van der Waals surface area contributed by atoms with Crippen LogP contribution in [0.1, 0.15) is 65.2 Å². The fourth-order valence-corrected chi connectivity index (χ4v) is 7.65. The maximum absolute atomic E-state index is 13.9. The summed E-state index contributed by atoms with van der Waals surface area (Å²) in [6, 6.07) is 11.0. The molecule has 6 rings (SSSR count). The first-order valence-corrected chi connectivity index (χ1v) is 15.2. The summed E-state index contributed by atoms with van der Waals surface area (Å²) in [6.45, 7) is 5.43. The predicted octanol–water partition coefficient (Wildman–Crippen LogP) is 5.26. The van der Waals surface area contributed by atoms with E-state index in [-0.39, 0.29) is 18.1 Å². The summed E-state index contributed by atoms with van der Waals surface area (Å²) in [5.74, 6) is -2.06. The Morgan fingerprint density at radius 2 is 1.98 bits per heavy atom.